The Kier molecular flexibility index (Phi) is 6.22. The van der Waals surface area contributed by atoms with Gasteiger partial charge in [0.05, 0.1) is 0 Å². The van der Waals surface area contributed by atoms with Crippen LogP contribution in [-0.2, 0) is 13.0 Å². The molecule has 0 spiro atoms. The molecule has 0 atom stereocenters. The van der Waals surface area contributed by atoms with E-state index in [-0.39, 0.29) is 0 Å². The van der Waals surface area contributed by atoms with Crippen LogP contribution >= 0.6 is 0 Å². The molecule has 1 nitrogen and oxygen atoms in total. The number of aryl methyl sites for hydroxylation is 2. The predicted molar refractivity (Wildman–Crippen MR) is 67.2 cm³/mol. The summed E-state index contributed by atoms with van der Waals surface area (Å²) in [5.74, 6) is 0. The van der Waals surface area contributed by atoms with Crippen LogP contribution in [0.5, 0.6) is 0 Å². The summed E-state index contributed by atoms with van der Waals surface area (Å²) in [5.41, 5.74) is 1.51. The second kappa shape index (κ2) is 7.56. The number of unbranched alkanes of at least 4 members (excludes halogenated alkanes) is 4. The van der Waals surface area contributed by atoms with E-state index in [2.05, 4.69) is 36.7 Å². The maximum absolute atomic E-state index is 2.43. The summed E-state index contributed by atoms with van der Waals surface area (Å²) in [5, 5.41) is 0. The van der Waals surface area contributed by atoms with E-state index in [4.69, 9.17) is 0 Å². The fourth-order valence-corrected chi connectivity index (χ4v) is 2.04. The molecule has 0 aliphatic carbocycles. The summed E-state index contributed by atoms with van der Waals surface area (Å²) >= 11 is 0. The Bertz CT molecular complexity index is 250. The monoisotopic (exact) mass is 207 g/mol. The van der Waals surface area contributed by atoms with Gasteiger partial charge in [0.1, 0.15) is 0 Å². The van der Waals surface area contributed by atoms with Crippen molar-refractivity contribution in [3.8, 4) is 0 Å². The van der Waals surface area contributed by atoms with Crippen LogP contribution in [0.25, 0.3) is 0 Å². The van der Waals surface area contributed by atoms with Gasteiger partial charge in [-0.25, -0.2) is 0 Å². The molecular weight excluding hydrogens is 182 g/mol. The number of hydrogen-bond donors (Lipinski definition) is 0. The summed E-state index contributed by atoms with van der Waals surface area (Å²) in [4.78, 5) is 0. The molecule has 0 aliphatic heterocycles. The van der Waals surface area contributed by atoms with Crippen molar-refractivity contribution >= 4 is 0 Å². The predicted octanol–water partition coefficient (Wildman–Crippen LogP) is 4.41. The lowest BCUT2D eigenvalue weighted by Crippen LogP contribution is -2.01. The second-order valence-electron chi connectivity index (χ2n) is 4.36. The molecular formula is C14H25N. The van der Waals surface area contributed by atoms with Gasteiger partial charge in [0.15, 0.2) is 0 Å². The molecule has 0 bridgehead atoms. The molecule has 0 radical (unpaired) electrons. The second-order valence-corrected chi connectivity index (χ2v) is 4.36. The third-order valence-electron chi connectivity index (χ3n) is 2.93. The molecule has 0 saturated carbocycles. The molecule has 1 rings (SSSR count). The number of hydrogen-bond acceptors (Lipinski definition) is 0. The standard InChI is InChI=1S/C14H25N/c1-3-5-6-7-8-12-15-13-9-11-14(15)10-4-2/h9,11,13H,3-8,10,12H2,1-2H3. The van der Waals surface area contributed by atoms with E-state index in [9.17, 15) is 0 Å². The lowest BCUT2D eigenvalue weighted by molar-refractivity contribution is 0.556. The third-order valence-corrected chi connectivity index (χ3v) is 2.93. The summed E-state index contributed by atoms with van der Waals surface area (Å²) in [6, 6.07) is 4.44. The van der Waals surface area contributed by atoms with Crippen molar-refractivity contribution in [3.63, 3.8) is 0 Å². The normalized spacial score (nSPS) is 10.8. The van der Waals surface area contributed by atoms with Crippen LogP contribution in [0.3, 0.4) is 0 Å². The fourth-order valence-electron chi connectivity index (χ4n) is 2.04. The zero-order chi connectivity index (χ0) is 10.9. The van der Waals surface area contributed by atoms with Gasteiger partial charge >= 0.3 is 0 Å². The summed E-state index contributed by atoms with van der Waals surface area (Å²) < 4.78 is 2.43. The molecule has 0 saturated heterocycles. The molecule has 1 heteroatoms. The van der Waals surface area contributed by atoms with Gasteiger partial charge in [0.2, 0.25) is 0 Å². The van der Waals surface area contributed by atoms with Crippen LogP contribution in [0.4, 0.5) is 0 Å². The zero-order valence-corrected chi connectivity index (χ0v) is 10.3. The van der Waals surface area contributed by atoms with Gasteiger partial charge in [-0.2, -0.15) is 0 Å². The van der Waals surface area contributed by atoms with Crippen LogP contribution in [0.1, 0.15) is 58.1 Å². The van der Waals surface area contributed by atoms with Crippen LogP contribution in [0.15, 0.2) is 18.3 Å². The molecule has 0 unspecified atom stereocenters. The summed E-state index contributed by atoms with van der Waals surface area (Å²) in [6.07, 6.45) is 11.6. The van der Waals surface area contributed by atoms with E-state index in [1.165, 1.54) is 57.2 Å². The summed E-state index contributed by atoms with van der Waals surface area (Å²) in [6.45, 7) is 5.73. The van der Waals surface area contributed by atoms with E-state index in [0.29, 0.717) is 0 Å². The highest BCUT2D eigenvalue weighted by Gasteiger charge is 1.98. The van der Waals surface area contributed by atoms with Gasteiger partial charge in [-0.1, -0.05) is 46.0 Å². The van der Waals surface area contributed by atoms with Gasteiger partial charge in [-0.3, -0.25) is 0 Å². The number of rotatable bonds is 8. The van der Waals surface area contributed by atoms with E-state index in [0.717, 1.165) is 0 Å². The first-order valence-corrected chi connectivity index (χ1v) is 6.52. The Hall–Kier alpha value is -0.720. The maximum Gasteiger partial charge on any atom is 0.0222 e. The molecule has 0 N–H and O–H groups in total. The highest BCUT2D eigenvalue weighted by atomic mass is 15.0. The van der Waals surface area contributed by atoms with Crippen molar-refractivity contribution < 1.29 is 0 Å². The lowest BCUT2D eigenvalue weighted by atomic mass is 10.1. The molecule has 86 valence electrons. The van der Waals surface area contributed by atoms with Crippen LogP contribution in [0.2, 0.25) is 0 Å². The van der Waals surface area contributed by atoms with Crippen LogP contribution < -0.4 is 0 Å². The van der Waals surface area contributed by atoms with Gasteiger partial charge < -0.3 is 4.57 Å². The van der Waals surface area contributed by atoms with Crippen molar-refractivity contribution in [3.05, 3.63) is 24.0 Å². The molecule has 1 aromatic rings. The Morgan fingerprint density at radius 1 is 1.00 bits per heavy atom. The lowest BCUT2D eigenvalue weighted by Gasteiger charge is -2.08. The quantitative estimate of drug-likeness (QED) is 0.556. The van der Waals surface area contributed by atoms with Gasteiger partial charge in [0, 0.05) is 18.4 Å². The van der Waals surface area contributed by atoms with E-state index >= 15 is 0 Å². The first-order chi connectivity index (χ1) is 7.38. The average molecular weight is 207 g/mol. The first kappa shape index (κ1) is 12.4. The minimum atomic E-state index is 1.21. The van der Waals surface area contributed by atoms with Crippen molar-refractivity contribution in [2.75, 3.05) is 0 Å². The van der Waals surface area contributed by atoms with E-state index in [1.54, 1.807) is 0 Å². The molecule has 1 aromatic heterocycles. The Labute approximate surface area is 94.5 Å². The van der Waals surface area contributed by atoms with Crippen molar-refractivity contribution in [2.45, 2.75) is 65.3 Å². The SMILES string of the molecule is CCCCCCCn1cccc1CCC. The smallest absolute Gasteiger partial charge is 0.0222 e. The van der Waals surface area contributed by atoms with Crippen molar-refractivity contribution in [1.82, 2.24) is 4.57 Å². The topological polar surface area (TPSA) is 4.93 Å². The first-order valence-electron chi connectivity index (χ1n) is 6.52. The molecule has 0 aromatic carbocycles. The van der Waals surface area contributed by atoms with Gasteiger partial charge in [-0.15, -0.1) is 0 Å². The Morgan fingerprint density at radius 3 is 2.53 bits per heavy atom. The van der Waals surface area contributed by atoms with Crippen molar-refractivity contribution in [2.24, 2.45) is 0 Å². The molecule has 0 fully saturated rings. The van der Waals surface area contributed by atoms with E-state index in [1.807, 2.05) is 0 Å². The average Bonchev–Trinajstić information content (AvgIpc) is 2.66. The third kappa shape index (κ3) is 4.55. The molecule has 1 heterocycles. The van der Waals surface area contributed by atoms with Crippen LogP contribution in [0, 0.1) is 0 Å². The highest BCUT2D eigenvalue weighted by Crippen LogP contribution is 2.09. The zero-order valence-electron chi connectivity index (χ0n) is 10.3. The Balaban J connectivity index is 2.21. The van der Waals surface area contributed by atoms with Crippen LogP contribution in [-0.4, -0.2) is 4.57 Å². The van der Waals surface area contributed by atoms with Crippen molar-refractivity contribution in [1.29, 1.82) is 0 Å². The molecule has 0 aliphatic rings. The minimum absolute atomic E-state index is 1.21. The summed E-state index contributed by atoms with van der Waals surface area (Å²) in [7, 11) is 0. The maximum atomic E-state index is 2.43. The Morgan fingerprint density at radius 2 is 1.80 bits per heavy atom. The minimum Gasteiger partial charge on any atom is -0.351 e. The molecule has 15 heavy (non-hydrogen) atoms. The molecule has 0 amide bonds. The van der Waals surface area contributed by atoms with Gasteiger partial charge in [-0.05, 0) is 25.0 Å². The van der Waals surface area contributed by atoms with E-state index < -0.39 is 0 Å². The number of aromatic nitrogens is 1. The number of nitrogens with zero attached hydrogens (tertiary/aromatic N) is 1. The van der Waals surface area contributed by atoms with Gasteiger partial charge in [0.25, 0.3) is 0 Å². The fraction of sp³-hybridized carbons (Fsp3) is 0.714. The highest BCUT2D eigenvalue weighted by molar-refractivity contribution is 5.07. The largest absolute Gasteiger partial charge is 0.351 e.